The second-order valence-electron chi connectivity index (χ2n) is 4.25. The molecule has 0 spiro atoms. The number of anilines is 1. The highest BCUT2D eigenvalue weighted by Gasteiger charge is 2.12. The summed E-state index contributed by atoms with van der Waals surface area (Å²) in [5, 5.41) is 8.74. The van der Waals surface area contributed by atoms with Crippen LogP contribution in [0.2, 0.25) is 0 Å². The lowest BCUT2D eigenvalue weighted by Crippen LogP contribution is -1.98. The van der Waals surface area contributed by atoms with Crippen molar-refractivity contribution >= 4 is 32.7 Å². The maximum Gasteiger partial charge on any atom is 0.129 e. The van der Waals surface area contributed by atoms with Gasteiger partial charge in [0, 0.05) is 0 Å². The molecule has 19 heavy (non-hydrogen) atoms. The number of aryl methyl sites for hydroxylation is 1. The molecular formula is C13H10BrFN4. The van der Waals surface area contributed by atoms with Gasteiger partial charge in [-0.25, -0.2) is 4.39 Å². The van der Waals surface area contributed by atoms with Crippen LogP contribution in [0.15, 0.2) is 34.8 Å². The summed E-state index contributed by atoms with van der Waals surface area (Å²) in [5.74, 6) is -0.290. The molecule has 0 aliphatic carbocycles. The molecule has 2 aromatic carbocycles. The number of benzene rings is 2. The molecule has 0 amide bonds. The molecule has 1 aromatic heterocycles. The molecule has 0 saturated heterocycles. The van der Waals surface area contributed by atoms with E-state index in [1.807, 2.05) is 13.0 Å². The zero-order chi connectivity index (χ0) is 13.6. The Balaban J connectivity index is 2.22. The average molecular weight is 321 g/mol. The topological polar surface area (TPSA) is 56.7 Å². The number of hydrogen-bond acceptors (Lipinski definition) is 3. The Hall–Kier alpha value is -1.95. The van der Waals surface area contributed by atoms with Crippen LogP contribution in [-0.4, -0.2) is 15.0 Å². The number of nitrogens with zero attached hydrogens (tertiary/aromatic N) is 3. The van der Waals surface area contributed by atoms with Crippen molar-refractivity contribution in [1.82, 2.24) is 15.0 Å². The van der Waals surface area contributed by atoms with Crippen molar-refractivity contribution in [2.75, 3.05) is 5.73 Å². The van der Waals surface area contributed by atoms with E-state index in [0.717, 1.165) is 15.6 Å². The quantitative estimate of drug-likeness (QED) is 0.700. The first-order chi connectivity index (χ1) is 9.06. The summed E-state index contributed by atoms with van der Waals surface area (Å²) in [6, 6.07) is 7.87. The molecular weight excluding hydrogens is 311 g/mol. The van der Waals surface area contributed by atoms with Gasteiger partial charge in [-0.3, -0.25) is 0 Å². The van der Waals surface area contributed by atoms with Crippen LogP contribution < -0.4 is 5.73 Å². The van der Waals surface area contributed by atoms with Crippen LogP contribution in [-0.2, 0) is 0 Å². The highest BCUT2D eigenvalue weighted by molar-refractivity contribution is 9.10. The van der Waals surface area contributed by atoms with Crippen molar-refractivity contribution < 1.29 is 4.39 Å². The molecule has 96 valence electrons. The van der Waals surface area contributed by atoms with E-state index in [2.05, 4.69) is 26.1 Å². The first-order valence-corrected chi connectivity index (χ1v) is 6.43. The minimum Gasteiger partial charge on any atom is -0.398 e. The molecule has 0 saturated carbocycles. The molecule has 6 heteroatoms. The maximum absolute atomic E-state index is 12.9. The van der Waals surface area contributed by atoms with Crippen LogP contribution in [0.3, 0.4) is 0 Å². The molecule has 2 N–H and O–H groups in total. The van der Waals surface area contributed by atoms with Crippen LogP contribution in [0.25, 0.3) is 16.7 Å². The lowest BCUT2D eigenvalue weighted by molar-refractivity contribution is 0.626. The fourth-order valence-corrected chi connectivity index (χ4v) is 2.44. The molecule has 0 radical (unpaired) electrons. The van der Waals surface area contributed by atoms with E-state index in [-0.39, 0.29) is 5.82 Å². The second kappa shape index (κ2) is 4.31. The maximum atomic E-state index is 12.9. The van der Waals surface area contributed by atoms with Gasteiger partial charge in [0.1, 0.15) is 16.9 Å². The third-order valence-corrected chi connectivity index (χ3v) is 3.72. The number of aromatic nitrogens is 3. The Bertz CT molecular complexity index is 764. The molecule has 0 aliphatic heterocycles. The Morgan fingerprint density at radius 2 is 1.89 bits per heavy atom. The number of nitrogens with two attached hydrogens (primary N) is 1. The van der Waals surface area contributed by atoms with Gasteiger partial charge in [0.25, 0.3) is 0 Å². The normalized spacial score (nSPS) is 11.1. The molecule has 0 fully saturated rings. The van der Waals surface area contributed by atoms with E-state index >= 15 is 0 Å². The van der Waals surface area contributed by atoms with E-state index < -0.39 is 0 Å². The summed E-state index contributed by atoms with van der Waals surface area (Å²) in [7, 11) is 0. The third kappa shape index (κ3) is 1.98. The fraction of sp³-hybridized carbons (Fsp3) is 0.0769. The predicted molar refractivity (Wildman–Crippen MR) is 75.7 cm³/mol. The Morgan fingerprint density at radius 3 is 2.58 bits per heavy atom. The molecule has 3 aromatic rings. The standard InChI is InChI=1S/C13H10BrFN4/c1-7-6-10-13(11(14)12(7)16)18-19(17-10)9-4-2-8(15)3-5-9/h2-6H,16H2,1H3. The average Bonchev–Trinajstić information content (AvgIpc) is 2.81. The fourth-order valence-electron chi connectivity index (χ4n) is 1.84. The van der Waals surface area contributed by atoms with Gasteiger partial charge in [0.05, 0.1) is 15.8 Å². The smallest absolute Gasteiger partial charge is 0.129 e. The van der Waals surface area contributed by atoms with E-state index in [4.69, 9.17) is 5.73 Å². The minimum atomic E-state index is -0.290. The molecule has 0 bridgehead atoms. The Kier molecular flexibility index (Phi) is 2.74. The van der Waals surface area contributed by atoms with Crippen LogP contribution in [0.5, 0.6) is 0 Å². The van der Waals surface area contributed by atoms with Crippen LogP contribution >= 0.6 is 15.9 Å². The second-order valence-corrected chi connectivity index (χ2v) is 5.05. The van der Waals surface area contributed by atoms with Gasteiger partial charge < -0.3 is 5.73 Å². The van der Waals surface area contributed by atoms with Crippen molar-refractivity contribution in [3.8, 4) is 5.69 Å². The van der Waals surface area contributed by atoms with E-state index in [1.165, 1.54) is 16.9 Å². The zero-order valence-electron chi connectivity index (χ0n) is 10.1. The van der Waals surface area contributed by atoms with Gasteiger partial charge in [-0.15, -0.1) is 10.2 Å². The van der Waals surface area contributed by atoms with Crippen molar-refractivity contribution in [3.05, 3.63) is 46.2 Å². The van der Waals surface area contributed by atoms with Crippen molar-refractivity contribution in [3.63, 3.8) is 0 Å². The molecule has 0 atom stereocenters. The number of halogens is 2. The van der Waals surface area contributed by atoms with Gasteiger partial charge in [-0.05, 0) is 58.7 Å². The van der Waals surface area contributed by atoms with Gasteiger partial charge >= 0.3 is 0 Å². The van der Waals surface area contributed by atoms with Gasteiger partial charge in [-0.2, -0.15) is 4.80 Å². The summed E-state index contributed by atoms with van der Waals surface area (Å²) in [6.07, 6.45) is 0. The van der Waals surface area contributed by atoms with Crippen molar-refractivity contribution in [2.24, 2.45) is 0 Å². The summed E-state index contributed by atoms with van der Waals surface area (Å²) in [6.45, 7) is 1.91. The molecule has 4 nitrogen and oxygen atoms in total. The lowest BCUT2D eigenvalue weighted by Gasteiger charge is -2.01. The minimum absolute atomic E-state index is 0.290. The van der Waals surface area contributed by atoms with E-state index in [9.17, 15) is 4.39 Å². The predicted octanol–water partition coefficient (Wildman–Crippen LogP) is 3.21. The Morgan fingerprint density at radius 1 is 1.21 bits per heavy atom. The molecule has 0 aliphatic rings. The highest BCUT2D eigenvalue weighted by Crippen LogP contribution is 2.30. The van der Waals surface area contributed by atoms with Gasteiger partial charge in [-0.1, -0.05) is 0 Å². The Labute approximate surface area is 117 Å². The van der Waals surface area contributed by atoms with Gasteiger partial charge in [0.15, 0.2) is 0 Å². The first kappa shape index (κ1) is 12.1. The largest absolute Gasteiger partial charge is 0.398 e. The molecule has 3 rings (SSSR count). The summed E-state index contributed by atoms with van der Waals surface area (Å²) < 4.78 is 13.6. The number of hydrogen-bond donors (Lipinski definition) is 1. The van der Waals surface area contributed by atoms with E-state index in [0.29, 0.717) is 16.9 Å². The number of nitrogen functional groups attached to an aromatic ring is 1. The third-order valence-electron chi connectivity index (χ3n) is 2.92. The summed E-state index contributed by atoms with van der Waals surface area (Å²) >= 11 is 3.43. The summed E-state index contributed by atoms with van der Waals surface area (Å²) in [4.78, 5) is 1.47. The summed E-state index contributed by atoms with van der Waals surface area (Å²) in [5.41, 5.74) is 9.65. The van der Waals surface area contributed by atoms with Crippen LogP contribution in [0.1, 0.15) is 5.56 Å². The lowest BCUT2D eigenvalue weighted by atomic mass is 10.2. The SMILES string of the molecule is Cc1cc2nn(-c3ccc(F)cc3)nc2c(Br)c1N. The number of rotatable bonds is 1. The van der Waals surface area contributed by atoms with Crippen molar-refractivity contribution in [1.29, 1.82) is 0 Å². The highest BCUT2D eigenvalue weighted by atomic mass is 79.9. The van der Waals surface area contributed by atoms with Crippen LogP contribution in [0, 0.1) is 12.7 Å². The molecule has 0 unspecified atom stereocenters. The first-order valence-electron chi connectivity index (χ1n) is 5.64. The van der Waals surface area contributed by atoms with E-state index in [1.54, 1.807) is 12.1 Å². The zero-order valence-corrected chi connectivity index (χ0v) is 11.6. The van der Waals surface area contributed by atoms with Crippen LogP contribution in [0.4, 0.5) is 10.1 Å². The monoisotopic (exact) mass is 320 g/mol. The molecule has 1 heterocycles. The van der Waals surface area contributed by atoms with Crippen molar-refractivity contribution in [2.45, 2.75) is 6.92 Å². The number of fused-ring (bicyclic) bond motifs is 1. The van der Waals surface area contributed by atoms with Gasteiger partial charge in [0.2, 0.25) is 0 Å².